The normalized spacial score (nSPS) is 26.8. The summed E-state index contributed by atoms with van der Waals surface area (Å²) < 4.78 is 0. The second kappa shape index (κ2) is 7.19. The number of rotatable bonds is 4. The van der Waals surface area contributed by atoms with Crippen molar-refractivity contribution in [3.05, 3.63) is 12.2 Å². The van der Waals surface area contributed by atoms with E-state index in [9.17, 15) is 4.79 Å². The lowest BCUT2D eigenvalue weighted by molar-refractivity contribution is -0.126. The van der Waals surface area contributed by atoms with E-state index < -0.39 is 0 Å². The highest BCUT2D eigenvalue weighted by atomic mass is 32.2. The summed E-state index contributed by atoms with van der Waals surface area (Å²) in [5.41, 5.74) is 0. The van der Waals surface area contributed by atoms with Crippen LogP contribution in [-0.2, 0) is 4.79 Å². The van der Waals surface area contributed by atoms with Crippen LogP contribution < -0.4 is 5.32 Å². The maximum Gasteiger partial charge on any atom is 0.237 e. The maximum absolute atomic E-state index is 12.1. The molecule has 0 spiro atoms. The van der Waals surface area contributed by atoms with Crippen molar-refractivity contribution in [1.29, 1.82) is 0 Å². The molecule has 0 aromatic carbocycles. The largest absolute Gasteiger partial charge is 0.354 e. The second-order valence-corrected chi connectivity index (χ2v) is 6.44. The van der Waals surface area contributed by atoms with Crippen molar-refractivity contribution in [3.8, 4) is 0 Å². The zero-order valence-corrected chi connectivity index (χ0v) is 12.0. The third kappa shape index (κ3) is 4.02. The Hall–Kier alpha value is -0.480. The highest BCUT2D eigenvalue weighted by Crippen LogP contribution is 2.17. The van der Waals surface area contributed by atoms with Gasteiger partial charge in [0.05, 0.1) is 6.04 Å². The minimum absolute atomic E-state index is 0.0324. The smallest absolute Gasteiger partial charge is 0.237 e. The topological polar surface area (TPSA) is 32.3 Å². The molecule has 0 radical (unpaired) electrons. The molecule has 1 saturated heterocycles. The third-order valence-corrected chi connectivity index (χ3v) is 4.86. The van der Waals surface area contributed by atoms with Crippen molar-refractivity contribution in [2.45, 2.75) is 32.2 Å². The van der Waals surface area contributed by atoms with E-state index in [1.165, 1.54) is 12.8 Å². The fourth-order valence-corrected chi connectivity index (χ4v) is 3.50. The number of nitrogens with zero attached hydrogens (tertiary/aromatic N) is 1. The Balaban J connectivity index is 1.71. The molecule has 1 aliphatic carbocycles. The van der Waals surface area contributed by atoms with Crippen LogP contribution in [0.3, 0.4) is 0 Å². The van der Waals surface area contributed by atoms with Crippen LogP contribution in [0.15, 0.2) is 12.2 Å². The van der Waals surface area contributed by atoms with E-state index in [1.807, 2.05) is 18.7 Å². The summed E-state index contributed by atoms with van der Waals surface area (Å²) in [4.78, 5) is 14.4. The number of hydrogen-bond acceptors (Lipinski definition) is 3. The first-order valence-electron chi connectivity index (χ1n) is 7.02. The molecule has 102 valence electrons. The average molecular weight is 268 g/mol. The molecule has 1 fully saturated rings. The van der Waals surface area contributed by atoms with Crippen molar-refractivity contribution in [2.75, 3.05) is 31.1 Å². The van der Waals surface area contributed by atoms with Crippen LogP contribution in [0.4, 0.5) is 0 Å². The minimum Gasteiger partial charge on any atom is -0.354 e. The number of allylic oxidation sites excluding steroid dienone is 2. The quantitative estimate of drug-likeness (QED) is 0.790. The van der Waals surface area contributed by atoms with Gasteiger partial charge in [0.25, 0.3) is 0 Å². The molecule has 2 aliphatic rings. The van der Waals surface area contributed by atoms with Crippen LogP contribution in [0.2, 0.25) is 0 Å². The van der Waals surface area contributed by atoms with Crippen molar-refractivity contribution >= 4 is 17.7 Å². The van der Waals surface area contributed by atoms with Gasteiger partial charge in [-0.3, -0.25) is 9.69 Å². The number of carbonyl (C=O) groups excluding carboxylic acids is 1. The van der Waals surface area contributed by atoms with E-state index in [0.29, 0.717) is 5.92 Å². The van der Waals surface area contributed by atoms with E-state index >= 15 is 0 Å². The molecular weight excluding hydrogens is 244 g/mol. The summed E-state index contributed by atoms with van der Waals surface area (Å²) in [6.07, 6.45) is 7.98. The monoisotopic (exact) mass is 268 g/mol. The Kier molecular flexibility index (Phi) is 5.57. The van der Waals surface area contributed by atoms with Crippen LogP contribution >= 0.6 is 11.8 Å². The van der Waals surface area contributed by atoms with Crippen LogP contribution in [0.25, 0.3) is 0 Å². The van der Waals surface area contributed by atoms with E-state index in [2.05, 4.69) is 22.4 Å². The van der Waals surface area contributed by atoms with Crippen LogP contribution in [0, 0.1) is 5.92 Å². The van der Waals surface area contributed by atoms with Gasteiger partial charge in [0.15, 0.2) is 0 Å². The standard InChI is InChI=1S/C14H24N2OS/c1-12(16-7-9-18-10-8-16)14(17)15-11-13-5-3-2-4-6-13/h2-3,12-13H,4-11H2,1H3,(H,15,17)/t12-,13-/m0/s1. The Morgan fingerprint density at radius 2 is 2.22 bits per heavy atom. The molecule has 0 aromatic heterocycles. The van der Waals surface area contributed by atoms with Crippen LogP contribution in [-0.4, -0.2) is 48.0 Å². The SMILES string of the molecule is C[C@@H](C(=O)NC[C@H]1CC=CCC1)N1CCSCC1. The molecule has 2 atom stereocenters. The number of hydrogen-bond donors (Lipinski definition) is 1. The molecule has 0 bridgehead atoms. The molecule has 2 rings (SSSR count). The molecule has 1 amide bonds. The summed E-state index contributed by atoms with van der Waals surface area (Å²) in [6, 6.07) is 0.0324. The van der Waals surface area contributed by atoms with Gasteiger partial charge in [-0.2, -0.15) is 11.8 Å². The van der Waals surface area contributed by atoms with Crippen molar-refractivity contribution in [1.82, 2.24) is 10.2 Å². The van der Waals surface area contributed by atoms with Gasteiger partial charge in [-0.25, -0.2) is 0 Å². The summed E-state index contributed by atoms with van der Waals surface area (Å²) in [5.74, 6) is 3.16. The Morgan fingerprint density at radius 3 is 2.89 bits per heavy atom. The first-order chi connectivity index (χ1) is 8.77. The van der Waals surface area contributed by atoms with E-state index in [0.717, 1.165) is 37.6 Å². The Bertz CT molecular complexity index is 300. The number of carbonyl (C=O) groups is 1. The summed E-state index contributed by atoms with van der Waals surface area (Å²) in [6.45, 7) is 4.97. The van der Waals surface area contributed by atoms with E-state index in [4.69, 9.17) is 0 Å². The van der Waals surface area contributed by atoms with E-state index in [-0.39, 0.29) is 11.9 Å². The number of amides is 1. The predicted molar refractivity (Wildman–Crippen MR) is 77.9 cm³/mol. The third-order valence-electron chi connectivity index (χ3n) is 3.92. The van der Waals surface area contributed by atoms with Gasteiger partial charge in [0.2, 0.25) is 5.91 Å². The first-order valence-corrected chi connectivity index (χ1v) is 8.17. The van der Waals surface area contributed by atoms with Gasteiger partial charge in [0, 0.05) is 31.1 Å². The van der Waals surface area contributed by atoms with Gasteiger partial charge in [-0.15, -0.1) is 0 Å². The van der Waals surface area contributed by atoms with Crippen molar-refractivity contribution in [2.24, 2.45) is 5.92 Å². The molecular formula is C14H24N2OS. The fraction of sp³-hybridized carbons (Fsp3) is 0.786. The van der Waals surface area contributed by atoms with Crippen molar-refractivity contribution < 1.29 is 4.79 Å². The minimum atomic E-state index is 0.0324. The molecule has 1 N–H and O–H groups in total. The lowest BCUT2D eigenvalue weighted by atomic mass is 9.94. The lowest BCUT2D eigenvalue weighted by Crippen LogP contribution is -2.49. The fourth-order valence-electron chi connectivity index (χ4n) is 2.56. The van der Waals surface area contributed by atoms with Gasteiger partial charge >= 0.3 is 0 Å². The maximum atomic E-state index is 12.1. The lowest BCUT2D eigenvalue weighted by Gasteiger charge is -2.31. The average Bonchev–Trinajstić information content (AvgIpc) is 2.46. The summed E-state index contributed by atoms with van der Waals surface area (Å²) >= 11 is 1.98. The number of nitrogens with one attached hydrogen (secondary N) is 1. The van der Waals surface area contributed by atoms with Gasteiger partial charge < -0.3 is 5.32 Å². The molecule has 4 heteroatoms. The molecule has 18 heavy (non-hydrogen) atoms. The van der Waals surface area contributed by atoms with Gasteiger partial charge in [-0.1, -0.05) is 12.2 Å². The molecule has 1 heterocycles. The Labute approximate surface area is 114 Å². The van der Waals surface area contributed by atoms with Gasteiger partial charge in [0.1, 0.15) is 0 Å². The van der Waals surface area contributed by atoms with Crippen LogP contribution in [0.1, 0.15) is 26.2 Å². The van der Waals surface area contributed by atoms with E-state index in [1.54, 1.807) is 0 Å². The summed E-state index contributed by atoms with van der Waals surface area (Å²) in [5, 5.41) is 3.13. The second-order valence-electron chi connectivity index (χ2n) is 5.22. The van der Waals surface area contributed by atoms with Gasteiger partial charge in [-0.05, 0) is 32.1 Å². The van der Waals surface area contributed by atoms with Crippen molar-refractivity contribution in [3.63, 3.8) is 0 Å². The number of thioether (sulfide) groups is 1. The molecule has 1 aliphatic heterocycles. The highest BCUT2D eigenvalue weighted by Gasteiger charge is 2.23. The summed E-state index contributed by atoms with van der Waals surface area (Å²) in [7, 11) is 0. The molecule has 3 nitrogen and oxygen atoms in total. The van der Waals surface area contributed by atoms with Crippen LogP contribution in [0.5, 0.6) is 0 Å². The zero-order chi connectivity index (χ0) is 12.8. The molecule has 0 aromatic rings. The first kappa shape index (κ1) is 13.9. The predicted octanol–water partition coefficient (Wildman–Crippen LogP) is 1.90. The zero-order valence-electron chi connectivity index (χ0n) is 11.2. The molecule has 0 saturated carbocycles. The highest BCUT2D eigenvalue weighted by molar-refractivity contribution is 7.99. The molecule has 0 unspecified atom stereocenters. The Morgan fingerprint density at radius 1 is 1.44 bits per heavy atom.